The van der Waals surface area contributed by atoms with Crippen LogP contribution in [0.1, 0.15) is 5.56 Å². The zero-order valence-corrected chi connectivity index (χ0v) is 16.2. The molecule has 7 heteroatoms. The van der Waals surface area contributed by atoms with Crippen LogP contribution >= 0.6 is 23.4 Å². The molecular weight excluding hydrogens is 382 g/mol. The third-order valence-electron chi connectivity index (χ3n) is 4.91. The van der Waals surface area contributed by atoms with Crippen molar-refractivity contribution < 1.29 is 4.74 Å². The van der Waals surface area contributed by atoms with Crippen molar-refractivity contribution >= 4 is 45.3 Å². The standard InChI is InChI=1S/C20H16ClN3O2S/c1-26-14-5-6-16-15(10-14)17-18(19(25)23-7-8-27-20(23)22-17)24(16)11-12-3-2-4-13(21)9-12/h2-6,9-10H,7-8,11H2,1H3. The summed E-state index contributed by atoms with van der Waals surface area (Å²) in [5.74, 6) is 1.63. The smallest absolute Gasteiger partial charge is 0.278 e. The highest BCUT2D eigenvalue weighted by atomic mass is 35.5. The number of methoxy groups -OCH3 is 1. The molecule has 0 fully saturated rings. The van der Waals surface area contributed by atoms with E-state index in [9.17, 15) is 4.79 Å². The van der Waals surface area contributed by atoms with Crippen molar-refractivity contribution in [3.8, 4) is 5.75 Å². The number of ether oxygens (including phenoxy) is 1. The second-order valence-corrected chi connectivity index (χ2v) is 7.99. The molecule has 3 heterocycles. The molecule has 27 heavy (non-hydrogen) atoms. The predicted octanol–water partition coefficient (Wildman–Crippen LogP) is 4.17. The molecule has 0 saturated heterocycles. The van der Waals surface area contributed by atoms with Gasteiger partial charge in [-0.15, -0.1) is 0 Å². The van der Waals surface area contributed by atoms with Gasteiger partial charge in [-0.25, -0.2) is 4.98 Å². The van der Waals surface area contributed by atoms with Gasteiger partial charge >= 0.3 is 0 Å². The van der Waals surface area contributed by atoms with Crippen molar-refractivity contribution in [1.29, 1.82) is 0 Å². The minimum absolute atomic E-state index is 0.0113. The number of hydrogen-bond donors (Lipinski definition) is 0. The topological polar surface area (TPSA) is 49.1 Å². The lowest BCUT2D eigenvalue weighted by Gasteiger charge is -2.09. The van der Waals surface area contributed by atoms with E-state index in [0.29, 0.717) is 23.6 Å². The maximum absolute atomic E-state index is 13.3. The lowest BCUT2D eigenvalue weighted by molar-refractivity contribution is 0.415. The molecule has 0 aliphatic carbocycles. The van der Waals surface area contributed by atoms with Crippen LogP contribution in [0.4, 0.5) is 0 Å². The second-order valence-electron chi connectivity index (χ2n) is 6.50. The van der Waals surface area contributed by atoms with Gasteiger partial charge in [0.15, 0.2) is 5.16 Å². The van der Waals surface area contributed by atoms with Gasteiger partial charge < -0.3 is 9.30 Å². The maximum atomic E-state index is 13.3. The van der Waals surface area contributed by atoms with Crippen LogP contribution in [-0.4, -0.2) is 27.0 Å². The fraction of sp³-hybridized carbons (Fsp3) is 0.200. The zero-order chi connectivity index (χ0) is 18.5. The highest BCUT2D eigenvalue weighted by Crippen LogP contribution is 2.32. The Balaban J connectivity index is 1.85. The van der Waals surface area contributed by atoms with Gasteiger partial charge in [-0.3, -0.25) is 9.36 Å². The summed E-state index contributed by atoms with van der Waals surface area (Å²) in [6, 6.07) is 13.6. The monoisotopic (exact) mass is 397 g/mol. The molecule has 1 aliphatic rings. The summed E-state index contributed by atoms with van der Waals surface area (Å²) in [5, 5.41) is 2.40. The fourth-order valence-corrected chi connectivity index (χ4v) is 4.82. The first-order valence-corrected chi connectivity index (χ1v) is 10.00. The van der Waals surface area contributed by atoms with Gasteiger partial charge in [0.25, 0.3) is 5.56 Å². The summed E-state index contributed by atoms with van der Waals surface area (Å²) < 4.78 is 9.21. The van der Waals surface area contributed by atoms with Gasteiger partial charge in [-0.1, -0.05) is 35.5 Å². The molecule has 0 atom stereocenters. The largest absolute Gasteiger partial charge is 0.497 e. The third-order valence-corrected chi connectivity index (χ3v) is 6.10. The van der Waals surface area contributed by atoms with Crippen molar-refractivity contribution in [3.05, 3.63) is 63.4 Å². The number of halogens is 1. The lowest BCUT2D eigenvalue weighted by atomic mass is 10.2. The molecule has 5 rings (SSSR count). The van der Waals surface area contributed by atoms with Gasteiger partial charge in [0.1, 0.15) is 16.8 Å². The Morgan fingerprint density at radius 1 is 1.26 bits per heavy atom. The van der Waals surface area contributed by atoms with Crippen molar-refractivity contribution in [2.75, 3.05) is 12.9 Å². The van der Waals surface area contributed by atoms with Crippen LogP contribution in [0, 0.1) is 0 Å². The second kappa shape index (κ2) is 6.32. The number of rotatable bonds is 3. The van der Waals surface area contributed by atoms with E-state index >= 15 is 0 Å². The minimum atomic E-state index is 0.0113. The van der Waals surface area contributed by atoms with Crippen molar-refractivity contribution in [2.24, 2.45) is 0 Å². The average Bonchev–Trinajstić information content (AvgIpc) is 3.26. The number of thioether (sulfide) groups is 1. The summed E-state index contributed by atoms with van der Waals surface area (Å²) in [7, 11) is 1.64. The van der Waals surface area contributed by atoms with Crippen molar-refractivity contribution in [3.63, 3.8) is 0 Å². The molecule has 4 aromatic rings. The van der Waals surface area contributed by atoms with Crippen molar-refractivity contribution in [2.45, 2.75) is 18.2 Å². The first-order chi connectivity index (χ1) is 13.2. The quantitative estimate of drug-likeness (QED) is 0.487. The molecule has 136 valence electrons. The van der Waals surface area contributed by atoms with Crippen LogP contribution in [-0.2, 0) is 13.1 Å². The SMILES string of the molecule is COc1ccc2c(c1)c1nc3n(c(=O)c1n2Cc1cccc(Cl)c1)CCS3. The number of hydrogen-bond acceptors (Lipinski definition) is 4. The molecule has 2 aromatic carbocycles. The molecule has 0 spiro atoms. The summed E-state index contributed by atoms with van der Waals surface area (Å²) >= 11 is 7.79. The molecule has 5 nitrogen and oxygen atoms in total. The van der Waals surface area contributed by atoms with E-state index in [1.165, 1.54) is 0 Å². The molecule has 0 radical (unpaired) electrons. The first-order valence-electron chi connectivity index (χ1n) is 8.64. The zero-order valence-electron chi connectivity index (χ0n) is 14.6. The summed E-state index contributed by atoms with van der Waals surface area (Å²) in [5.41, 5.74) is 3.37. The van der Waals surface area contributed by atoms with Crippen LogP contribution < -0.4 is 10.3 Å². The molecule has 1 aliphatic heterocycles. The number of fused-ring (bicyclic) bond motifs is 4. The van der Waals surface area contributed by atoms with Gasteiger partial charge in [0.2, 0.25) is 0 Å². The van der Waals surface area contributed by atoms with Gasteiger partial charge in [-0.05, 0) is 35.9 Å². The Labute approximate surface area is 164 Å². The number of aromatic nitrogens is 3. The Hall–Kier alpha value is -2.44. The van der Waals surface area contributed by atoms with E-state index in [0.717, 1.165) is 38.6 Å². The molecule has 0 unspecified atom stereocenters. The van der Waals surface area contributed by atoms with Crippen LogP contribution in [0.5, 0.6) is 5.75 Å². The predicted molar refractivity (Wildman–Crippen MR) is 109 cm³/mol. The van der Waals surface area contributed by atoms with Crippen LogP contribution in [0.15, 0.2) is 52.4 Å². The molecule has 0 saturated carbocycles. The van der Waals surface area contributed by atoms with Gasteiger partial charge in [0.05, 0.1) is 12.6 Å². The summed E-state index contributed by atoms with van der Waals surface area (Å²) in [6.45, 7) is 1.25. The lowest BCUT2D eigenvalue weighted by Crippen LogP contribution is -2.22. The van der Waals surface area contributed by atoms with E-state index in [-0.39, 0.29) is 5.56 Å². The van der Waals surface area contributed by atoms with E-state index in [1.54, 1.807) is 23.4 Å². The van der Waals surface area contributed by atoms with Crippen molar-refractivity contribution in [1.82, 2.24) is 14.1 Å². The maximum Gasteiger partial charge on any atom is 0.278 e. The summed E-state index contributed by atoms with van der Waals surface area (Å²) in [4.78, 5) is 18.1. The van der Waals surface area contributed by atoms with Gasteiger partial charge in [0, 0.05) is 29.3 Å². The first kappa shape index (κ1) is 16.7. The molecule has 0 N–H and O–H groups in total. The number of nitrogens with zero attached hydrogens (tertiary/aromatic N) is 3. The average molecular weight is 398 g/mol. The van der Waals surface area contributed by atoms with E-state index < -0.39 is 0 Å². The fourth-order valence-electron chi connectivity index (χ4n) is 3.66. The normalized spacial score (nSPS) is 13.4. The molecule has 2 aromatic heterocycles. The van der Waals surface area contributed by atoms with Crippen LogP contribution in [0.3, 0.4) is 0 Å². The summed E-state index contributed by atoms with van der Waals surface area (Å²) in [6.07, 6.45) is 0. The third kappa shape index (κ3) is 2.63. The van der Waals surface area contributed by atoms with E-state index in [1.807, 2.05) is 47.0 Å². The van der Waals surface area contributed by atoms with Gasteiger partial charge in [-0.2, -0.15) is 0 Å². The molecule has 0 bridgehead atoms. The Morgan fingerprint density at radius 3 is 2.96 bits per heavy atom. The van der Waals surface area contributed by atoms with Crippen LogP contribution in [0.25, 0.3) is 21.9 Å². The van der Waals surface area contributed by atoms with Crippen LogP contribution in [0.2, 0.25) is 5.02 Å². The minimum Gasteiger partial charge on any atom is -0.497 e. The Bertz CT molecular complexity index is 1260. The Kier molecular flexibility index (Phi) is 3.91. The van der Waals surface area contributed by atoms with E-state index in [4.69, 9.17) is 21.3 Å². The molecule has 0 amide bonds. The highest BCUT2D eigenvalue weighted by molar-refractivity contribution is 7.99. The highest BCUT2D eigenvalue weighted by Gasteiger charge is 2.22. The molecular formula is C20H16ClN3O2S. The van der Waals surface area contributed by atoms with E-state index in [2.05, 4.69) is 0 Å². The Morgan fingerprint density at radius 2 is 2.15 bits per heavy atom. The number of benzene rings is 2.